The van der Waals surface area contributed by atoms with Gasteiger partial charge in [0.2, 0.25) is 5.88 Å². The first kappa shape index (κ1) is 20.2. The topological polar surface area (TPSA) is 67.8 Å². The van der Waals surface area contributed by atoms with E-state index in [0.29, 0.717) is 31.5 Å². The lowest BCUT2D eigenvalue weighted by molar-refractivity contribution is 0.290. The number of rotatable bonds is 8. The third kappa shape index (κ3) is 5.97. The maximum Gasteiger partial charge on any atom is 0.218 e. The summed E-state index contributed by atoms with van der Waals surface area (Å²) in [6, 6.07) is 21.9. The van der Waals surface area contributed by atoms with Gasteiger partial charge >= 0.3 is 0 Å². The number of aliphatic imine (C=N–C) groups is 1. The Bertz CT molecular complexity index is 929. The first-order valence-corrected chi connectivity index (χ1v) is 9.47. The van der Waals surface area contributed by atoms with Crippen LogP contribution in [-0.4, -0.2) is 25.1 Å². The summed E-state index contributed by atoms with van der Waals surface area (Å²) >= 11 is 0. The molecule has 2 aromatic carbocycles. The van der Waals surface area contributed by atoms with Gasteiger partial charge in [0.05, 0.1) is 7.11 Å². The average Bonchev–Trinajstić information content (AvgIpc) is 2.79. The Hall–Kier alpha value is -3.54. The second kappa shape index (κ2) is 10.7. The fraction of sp³-hybridized carbons (Fsp3) is 0.217. The van der Waals surface area contributed by atoms with Gasteiger partial charge in [0.1, 0.15) is 12.4 Å². The van der Waals surface area contributed by atoms with Crippen molar-refractivity contribution in [2.75, 3.05) is 14.2 Å². The van der Waals surface area contributed by atoms with Crippen LogP contribution in [0.2, 0.25) is 0 Å². The van der Waals surface area contributed by atoms with Gasteiger partial charge in [-0.05, 0) is 17.7 Å². The normalized spacial score (nSPS) is 11.0. The van der Waals surface area contributed by atoms with Crippen molar-refractivity contribution < 1.29 is 9.47 Å². The van der Waals surface area contributed by atoms with Crippen molar-refractivity contribution in [2.45, 2.75) is 19.7 Å². The smallest absolute Gasteiger partial charge is 0.218 e. The van der Waals surface area contributed by atoms with Crippen molar-refractivity contribution in [1.82, 2.24) is 15.6 Å². The highest BCUT2D eigenvalue weighted by molar-refractivity contribution is 5.79. The molecule has 29 heavy (non-hydrogen) atoms. The summed E-state index contributed by atoms with van der Waals surface area (Å²) in [4.78, 5) is 8.66. The Morgan fingerprint density at radius 1 is 0.897 bits per heavy atom. The van der Waals surface area contributed by atoms with Crippen molar-refractivity contribution in [1.29, 1.82) is 0 Å². The lowest BCUT2D eigenvalue weighted by Gasteiger charge is -2.15. The highest BCUT2D eigenvalue weighted by atomic mass is 16.5. The number of benzene rings is 2. The van der Waals surface area contributed by atoms with E-state index in [4.69, 9.17) is 9.47 Å². The van der Waals surface area contributed by atoms with E-state index < -0.39 is 0 Å². The molecule has 0 aliphatic rings. The molecule has 1 aromatic heterocycles. The second-order valence-electron chi connectivity index (χ2n) is 6.33. The van der Waals surface area contributed by atoms with Gasteiger partial charge in [-0.1, -0.05) is 54.6 Å². The highest BCUT2D eigenvalue weighted by Gasteiger charge is 2.07. The molecule has 0 aliphatic heterocycles. The molecule has 3 rings (SSSR count). The summed E-state index contributed by atoms with van der Waals surface area (Å²) in [7, 11) is 3.42. The minimum absolute atomic E-state index is 0.478. The minimum Gasteiger partial charge on any atom is -0.496 e. The molecule has 150 valence electrons. The first-order chi connectivity index (χ1) is 14.3. The lowest BCUT2D eigenvalue weighted by Crippen LogP contribution is -2.36. The van der Waals surface area contributed by atoms with Gasteiger partial charge in [-0.15, -0.1) is 0 Å². The Morgan fingerprint density at radius 3 is 2.34 bits per heavy atom. The maximum atomic E-state index is 5.92. The summed E-state index contributed by atoms with van der Waals surface area (Å²) < 4.78 is 11.3. The minimum atomic E-state index is 0.478. The molecule has 0 unspecified atom stereocenters. The summed E-state index contributed by atoms with van der Waals surface area (Å²) in [5.41, 5.74) is 3.13. The molecule has 0 atom stereocenters. The van der Waals surface area contributed by atoms with Crippen LogP contribution in [0.25, 0.3) is 0 Å². The van der Waals surface area contributed by atoms with E-state index in [1.165, 1.54) is 0 Å². The van der Waals surface area contributed by atoms with Crippen LogP contribution < -0.4 is 20.1 Å². The van der Waals surface area contributed by atoms with Gasteiger partial charge < -0.3 is 20.1 Å². The van der Waals surface area contributed by atoms with Crippen molar-refractivity contribution >= 4 is 5.96 Å². The zero-order valence-electron chi connectivity index (χ0n) is 16.8. The summed E-state index contributed by atoms with van der Waals surface area (Å²) in [5.74, 6) is 2.15. The molecule has 2 N–H and O–H groups in total. The van der Waals surface area contributed by atoms with Gasteiger partial charge in [0, 0.05) is 37.5 Å². The van der Waals surface area contributed by atoms with E-state index in [-0.39, 0.29) is 0 Å². The van der Waals surface area contributed by atoms with Gasteiger partial charge in [0.25, 0.3) is 0 Å². The fourth-order valence-electron chi connectivity index (χ4n) is 2.84. The highest BCUT2D eigenvalue weighted by Crippen LogP contribution is 2.17. The molecule has 1 heterocycles. The number of nitrogens with zero attached hydrogens (tertiary/aromatic N) is 2. The van der Waals surface area contributed by atoms with E-state index in [1.807, 2.05) is 66.7 Å². The molecule has 6 nitrogen and oxygen atoms in total. The summed E-state index contributed by atoms with van der Waals surface area (Å²) in [5, 5.41) is 6.62. The number of pyridine rings is 1. The number of methoxy groups -OCH3 is 1. The van der Waals surface area contributed by atoms with E-state index in [1.54, 1.807) is 20.4 Å². The average molecular weight is 390 g/mol. The zero-order chi connectivity index (χ0) is 20.3. The molecular formula is C23H26N4O2. The molecule has 3 aromatic rings. The SMILES string of the molecule is CN=C(NCc1ccccc1OC)NCc1cccnc1OCc1ccccc1. The van der Waals surface area contributed by atoms with Crippen LogP contribution in [0, 0.1) is 0 Å². The molecule has 0 spiro atoms. The van der Waals surface area contributed by atoms with Crippen LogP contribution in [-0.2, 0) is 19.7 Å². The Morgan fingerprint density at radius 2 is 1.59 bits per heavy atom. The van der Waals surface area contributed by atoms with Gasteiger partial charge in [0.15, 0.2) is 5.96 Å². The first-order valence-electron chi connectivity index (χ1n) is 9.47. The molecule has 0 amide bonds. The number of hydrogen-bond acceptors (Lipinski definition) is 4. The van der Waals surface area contributed by atoms with E-state index in [9.17, 15) is 0 Å². The van der Waals surface area contributed by atoms with Crippen molar-refractivity contribution in [3.05, 3.63) is 89.6 Å². The third-order valence-electron chi connectivity index (χ3n) is 4.38. The molecule has 0 bridgehead atoms. The lowest BCUT2D eigenvalue weighted by atomic mass is 10.2. The van der Waals surface area contributed by atoms with Crippen molar-refractivity contribution in [2.24, 2.45) is 4.99 Å². The molecule has 0 radical (unpaired) electrons. The molecule has 0 saturated carbocycles. The van der Waals surface area contributed by atoms with Crippen LogP contribution >= 0.6 is 0 Å². The van der Waals surface area contributed by atoms with Crippen molar-refractivity contribution in [3.63, 3.8) is 0 Å². The molecular weight excluding hydrogens is 364 g/mol. The predicted octanol–water partition coefficient (Wildman–Crippen LogP) is 3.53. The number of para-hydroxylation sites is 1. The van der Waals surface area contributed by atoms with E-state index in [2.05, 4.69) is 20.6 Å². The number of aromatic nitrogens is 1. The third-order valence-corrected chi connectivity index (χ3v) is 4.38. The molecule has 6 heteroatoms. The fourth-order valence-corrected chi connectivity index (χ4v) is 2.84. The molecule has 0 fully saturated rings. The van der Waals surface area contributed by atoms with Gasteiger partial charge in [-0.25, -0.2) is 4.98 Å². The standard InChI is InChI=1S/C23H26N4O2/c1-24-23(26-15-19-11-6-7-13-21(19)28-2)27-16-20-12-8-14-25-22(20)29-17-18-9-4-3-5-10-18/h3-14H,15-17H2,1-2H3,(H2,24,26,27). The van der Waals surface area contributed by atoms with Crippen LogP contribution in [0.3, 0.4) is 0 Å². The molecule has 0 saturated heterocycles. The molecule has 0 aliphatic carbocycles. The predicted molar refractivity (Wildman–Crippen MR) is 115 cm³/mol. The Labute approximate surface area is 171 Å². The van der Waals surface area contributed by atoms with Crippen LogP contribution in [0.15, 0.2) is 77.9 Å². The van der Waals surface area contributed by atoms with E-state index in [0.717, 1.165) is 22.4 Å². The number of hydrogen-bond donors (Lipinski definition) is 2. The van der Waals surface area contributed by atoms with Crippen LogP contribution in [0.5, 0.6) is 11.6 Å². The van der Waals surface area contributed by atoms with Crippen LogP contribution in [0.1, 0.15) is 16.7 Å². The summed E-state index contributed by atoms with van der Waals surface area (Å²) in [6.45, 7) is 1.63. The number of ether oxygens (including phenoxy) is 2. The summed E-state index contributed by atoms with van der Waals surface area (Å²) in [6.07, 6.45) is 1.73. The Balaban J connectivity index is 1.57. The van der Waals surface area contributed by atoms with E-state index >= 15 is 0 Å². The second-order valence-corrected chi connectivity index (χ2v) is 6.33. The van der Waals surface area contributed by atoms with Crippen molar-refractivity contribution in [3.8, 4) is 11.6 Å². The van der Waals surface area contributed by atoms with Gasteiger partial charge in [-0.3, -0.25) is 4.99 Å². The number of nitrogens with one attached hydrogen (secondary N) is 2. The monoisotopic (exact) mass is 390 g/mol. The largest absolute Gasteiger partial charge is 0.496 e. The zero-order valence-corrected chi connectivity index (χ0v) is 16.8. The Kier molecular flexibility index (Phi) is 7.46. The number of guanidine groups is 1. The van der Waals surface area contributed by atoms with Gasteiger partial charge in [-0.2, -0.15) is 0 Å². The maximum absolute atomic E-state index is 5.92. The quantitative estimate of drug-likeness (QED) is 0.455. The van der Waals surface area contributed by atoms with Crippen LogP contribution in [0.4, 0.5) is 0 Å².